The van der Waals surface area contributed by atoms with E-state index in [0.717, 1.165) is 5.71 Å². The molecule has 1 aliphatic heterocycles. The van der Waals surface area contributed by atoms with Gasteiger partial charge in [0, 0.05) is 6.61 Å². The van der Waals surface area contributed by atoms with E-state index in [1.54, 1.807) is 13.8 Å². The molecular formula is C9H17NO3. The molecule has 0 spiro atoms. The maximum Gasteiger partial charge on any atom is 0.270 e. The Morgan fingerprint density at radius 3 is 2.62 bits per heavy atom. The first-order valence-corrected chi connectivity index (χ1v) is 4.49. The van der Waals surface area contributed by atoms with E-state index in [9.17, 15) is 5.11 Å². The van der Waals surface area contributed by atoms with Crippen molar-refractivity contribution in [3.63, 3.8) is 0 Å². The summed E-state index contributed by atoms with van der Waals surface area (Å²) in [5.41, 5.74) is -0.208. The Morgan fingerprint density at radius 1 is 1.69 bits per heavy atom. The lowest BCUT2D eigenvalue weighted by Crippen LogP contribution is -2.52. The van der Waals surface area contributed by atoms with Crippen LogP contribution in [0.15, 0.2) is 5.16 Å². The van der Waals surface area contributed by atoms with Crippen molar-refractivity contribution in [2.75, 3.05) is 6.61 Å². The summed E-state index contributed by atoms with van der Waals surface area (Å²) in [6.45, 7) is 7.54. The summed E-state index contributed by atoms with van der Waals surface area (Å²) in [6, 6.07) is 0. The molecular weight excluding hydrogens is 170 g/mol. The van der Waals surface area contributed by atoms with Crippen LogP contribution in [0.1, 0.15) is 34.1 Å². The zero-order valence-corrected chi connectivity index (χ0v) is 8.63. The molecule has 76 valence electrons. The van der Waals surface area contributed by atoms with Crippen LogP contribution in [-0.2, 0) is 9.57 Å². The third-order valence-corrected chi connectivity index (χ3v) is 2.15. The topological polar surface area (TPSA) is 51.0 Å². The first kappa shape index (κ1) is 10.5. The van der Waals surface area contributed by atoms with Crippen molar-refractivity contribution in [2.45, 2.75) is 45.5 Å². The van der Waals surface area contributed by atoms with Crippen molar-refractivity contribution in [3.05, 3.63) is 0 Å². The molecule has 0 saturated carbocycles. The highest BCUT2D eigenvalue weighted by Gasteiger charge is 2.51. The third-order valence-electron chi connectivity index (χ3n) is 2.15. The van der Waals surface area contributed by atoms with Gasteiger partial charge in [-0.05, 0) is 27.7 Å². The minimum absolute atomic E-state index is 0.493. The Hall–Kier alpha value is -0.610. The Balaban J connectivity index is 2.80. The molecule has 0 aromatic rings. The van der Waals surface area contributed by atoms with Gasteiger partial charge in [0.15, 0.2) is 0 Å². The second-order valence-corrected chi connectivity index (χ2v) is 3.84. The van der Waals surface area contributed by atoms with E-state index in [-0.39, 0.29) is 0 Å². The monoisotopic (exact) mass is 187 g/mol. The van der Waals surface area contributed by atoms with Gasteiger partial charge in [-0.2, -0.15) is 0 Å². The van der Waals surface area contributed by atoms with Gasteiger partial charge >= 0.3 is 0 Å². The van der Waals surface area contributed by atoms with E-state index in [2.05, 4.69) is 5.16 Å². The number of aliphatic hydroxyl groups is 1. The second kappa shape index (κ2) is 3.27. The average molecular weight is 187 g/mol. The lowest BCUT2D eigenvalue weighted by Gasteiger charge is -2.36. The van der Waals surface area contributed by atoms with Crippen LogP contribution in [0.2, 0.25) is 0 Å². The van der Waals surface area contributed by atoms with Gasteiger partial charge in [-0.15, -0.1) is 0 Å². The van der Waals surface area contributed by atoms with E-state index in [0.29, 0.717) is 13.0 Å². The molecule has 4 heteroatoms. The van der Waals surface area contributed by atoms with Crippen molar-refractivity contribution in [2.24, 2.45) is 5.16 Å². The summed E-state index contributed by atoms with van der Waals surface area (Å²) < 4.78 is 5.44. The Kier molecular flexibility index (Phi) is 2.63. The minimum Gasteiger partial charge on any atom is -0.383 e. The number of nitrogens with zero attached hydrogens (tertiary/aromatic N) is 1. The fraction of sp³-hybridized carbons (Fsp3) is 0.889. The molecule has 13 heavy (non-hydrogen) atoms. The molecule has 0 radical (unpaired) electrons. The normalized spacial score (nSPS) is 28.5. The standard InChI is InChI=1S/C9H17NO3/c1-5-12-9(8(3,4)11)6-7(2)10-13-9/h11H,5-6H2,1-4H3. The summed E-state index contributed by atoms with van der Waals surface area (Å²) in [5.74, 6) is -0.994. The zero-order chi connectivity index (χ0) is 10.1. The van der Waals surface area contributed by atoms with Crippen LogP contribution in [-0.4, -0.2) is 28.8 Å². The van der Waals surface area contributed by atoms with E-state index < -0.39 is 11.4 Å². The largest absolute Gasteiger partial charge is 0.383 e. The van der Waals surface area contributed by atoms with Gasteiger partial charge < -0.3 is 14.7 Å². The summed E-state index contributed by atoms with van der Waals surface area (Å²) in [5, 5.41) is 13.7. The quantitative estimate of drug-likeness (QED) is 0.724. The van der Waals surface area contributed by atoms with Gasteiger partial charge in [0.25, 0.3) is 5.79 Å². The molecule has 1 rings (SSSR count). The van der Waals surface area contributed by atoms with Gasteiger partial charge in [-0.3, -0.25) is 0 Å². The van der Waals surface area contributed by atoms with Crippen molar-refractivity contribution in [1.29, 1.82) is 0 Å². The smallest absolute Gasteiger partial charge is 0.270 e. The van der Waals surface area contributed by atoms with Gasteiger partial charge in [-0.1, -0.05) is 5.16 Å². The van der Waals surface area contributed by atoms with Gasteiger partial charge in [0.2, 0.25) is 0 Å². The maximum atomic E-state index is 9.89. The molecule has 1 N–H and O–H groups in total. The number of hydrogen-bond donors (Lipinski definition) is 1. The summed E-state index contributed by atoms with van der Waals surface area (Å²) in [6.07, 6.45) is 0.518. The number of hydrogen-bond acceptors (Lipinski definition) is 4. The molecule has 0 bridgehead atoms. The second-order valence-electron chi connectivity index (χ2n) is 3.84. The SMILES string of the molecule is CCOC1(C(C)(C)O)CC(C)=NO1. The van der Waals surface area contributed by atoms with E-state index in [4.69, 9.17) is 9.57 Å². The van der Waals surface area contributed by atoms with Crippen molar-refractivity contribution in [3.8, 4) is 0 Å². The van der Waals surface area contributed by atoms with Crippen LogP contribution >= 0.6 is 0 Å². The Morgan fingerprint density at radius 2 is 2.31 bits per heavy atom. The molecule has 1 aliphatic rings. The third kappa shape index (κ3) is 1.84. The predicted molar refractivity (Wildman–Crippen MR) is 49.5 cm³/mol. The van der Waals surface area contributed by atoms with Crippen LogP contribution in [0, 0.1) is 0 Å². The van der Waals surface area contributed by atoms with Crippen LogP contribution in [0.25, 0.3) is 0 Å². The Bertz CT molecular complexity index is 219. The molecule has 0 saturated heterocycles. The molecule has 1 heterocycles. The lowest BCUT2D eigenvalue weighted by molar-refractivity contribution is -0.298. The van der Waals surface area contributed by atoms with Gasteiger partial charge in [-0.25, -0.2) is 0 Å². The highest BCUT2D eigenvalue weighted by Crippen LogP contribution is 2.35. The minimum atomic E-state index is -1.05. The highest BCUT2D eigenvalue weighted by molar-refractivity contribution is 5.83. The van der Waals surface area contributed by atoms with E-state index in [1.807, 2.05) is 13.8 Å². The van der Waals surface area contributed by atoms with Crippen LogP contribution in [0.5, 0.6) is 0 Å². The average Bonchev–Trinajstić information content (AvgIpc) is 2.32. The molecule has 0 fully saturated rings. The van der Waals surface area contributed by atoms with Crippen molar-refractivity contribution in [1.82, 2.24) is 0 Å². The molecule has 4 nitrogen and oxygen atoms in total. The summed E-state index contributed by atoms with van der Waals surface area (Å²) in [7, 11) is 0. The van der Waals surface area contributed by atoms with E-state index >= 15 is 0 Å². The first-order valence-electron chi connectivity index (χ1n) is 4.49. The lowest BCUT2D eigenvalue weighted by atomic mass is 9.93. The first-order chi connectivity index (χ1) is 5.91. The summed E-state index contributed by atoms with van der Waals surface area (Å²) in [4.78, 5) is 5.17. The molecule has 0 amide bonds. The van der Waals surface area contributed by atoms with Crippen molar-refractivity contribution < 1.29 is 14.7 Å². The van der Waals surface area contributed by atoms with E-state index in [1.165, 1.54) is 0 Å². The van der Waals surface area contributed by atoms with Crippen molar-refractivity contribution >= 4 is 5.71 Å². The fourth-order valence-electron chi connectivity index (χ4n) is 1.37. The van der Waals surface area contributed by atoms with Crippen LogP contribution < -0.4 is 0 Å². The maximum absolute atomic E-state index is 9.89. The number of rotatable bonds is 3. The molecule has 1 unspecified atom stereocenters. The van der Waals surface area contributed by atoms with Crippen LogP contribution in [0.4, 0.5) is 0 Å². The summed E-state index contributed by atoms with van der Waals surface area (Å²) >= 11 is 0. The molecule has 0 aromatic heterocycles. The fourth-order valence-corrected chi connectivity index (χ4v) is 1.37. The zero-order valence-electron chi connectivity index (χ0n) is 8.63. The Labute approximate surface area is 78.5 Å². The van der Waals surface area contributed by atoms with Gasteiger partial charge in [0.1, 0.15) is 5.60 Å². The van der Waals surface area contributed by atoms with Gasteiger partial charge in [0.05, 0.1) is 12.1 Å². The predicted octanol–water partition coefficient (Wildman–Crippen LogP) is 1.29. The number of oxime groups is 1. The highest BCUT2D eigenvalue weighted by atomic mass is 16.8. The molecule has 1 atom stereocenters. The number of ether oxygens (including phenoxy) is 1. The van der Waals surface area contributed by atoms with Crippen LogP contribution in [0.3, 0.4) is 0 Å². The molecule has 0 aromatic carbocycles. The molecule has 0 aliphatic carbocycles.